The molecule has 1 rings (SSSR count). The van der Waals surface area contributed by atoms with Crippen molar-refractivity contribution in [3.8, 4) is 0 Å². The molecule has 0 aliphatic carbocycles. The van der Waals surface area contributed by atoms with Crippen molar-refractivity contribution in [2.75, 3.05) is 19.6 Å². The normalized spacial score (nSPS) is 22.3. The SMILES string of the molecule is CCN(CCC(=N)N)S(=O)(=O)N1CCCCC1C. The molecule has 0 amide bonds. The van der Waals surface area contributed by atoms with Gasteiger partial charge in [-0.05, 0) is 19.8 Å². The highest BCUT2D eigenvalue weighted by Crippen LogP contribution is 2.22. The number of piperidine rings is 1. The summed E-state index contributed by atoms with van der Waals surface area (Å²) in [5.41, 5.74) is 5.29. The third-order valence-electron chi connectivity index (χ3n) is 3.35. The van der Waals surface area contributed by atoms with Crippen LogP contribution in [0.5, 0.6) is 0 Å². The molecule has 0 aromatic carbocycles. The van der Waals surface area contributed by atoms with E-state index in [9.17, 15) is 8.42 Å². The molecule has 0 saturated carbocycles. The first-order chi connectivity index (χ1) is 8.39. The number of nitrogens with zero attached hydrogens (tertiary/aromatic N) is 2. The zero-order valence-electron chi connectivity index (χ0n) is 11.2. The van der Waals surface area contributed by atoms with Crippen LogP contribution in [0.4, 0.5) is 0 Å². The molecule has 18 heavy (non-hydrogen) atoms. The van der Waals surface area contributed by atoms with Gasteiger partial charge in [0.1, 0.15) is 0 Å². The van der Waals surface area contributed by atoms with Crippen molar-refractivity contribution in [1.29, 1.82) is 5.41 Å². The van der Waals surface area contributed by atoms with Crippen LogP contribution < -0.4 is 5.73 Å². The first kappa shape index (κ1) is 15.4. The minimum atomic E-state index is -3.40. The summed E-state index contributed by atoms with van der Waals surface area (Å²) < 4.78 is 28.0. The van der Waals surface area contributed by atoms with Crippen molar-refractivity contribution >= 4 is 16.0 Å². The van der Waals surface area contributed by atoms with Crippen LogP contribution in [0.1, 0.15) is 39.5 Å². The van der Waals surface area contributed by atoms with E-state index in [-0.39, 0.29) is 24.8 Å². The Hall–Kier alpha value is -0.660. The van der Waals surface area contributed by atoms with Crippen LogP contribution in [0.3, 0.4) is 0 Å². The number of nitrogens with two attached hydrogens (primary N) is 1. The minimum absolute atomic E-state index is 0.0235. The van der Waals surface area contributed by atoms with E-state index in [1.807, 2.05) is 13.8 Å². The molecule has 0 radical (unpaired) electrons. The molecule has 1 aliphatic rings. The number of amidine groups is 1. The van der Waals surface area contributed by atoms with Crippen molar-refractivity contribution in [1.82, 2.24) is 8.61 Å². The van der Waals surface area contributed by atoms with Crippen LogP contribution in [0.2, 0.25) is 0 Å². The lowest BCUT2D eigenvalue weighted by atomic mass is 10.1. The van der Waals surface area contributed by atoms with Gasteiger partial charge in [0.25, 0.3) is 10.2 Å². The standard InChI is InChI=1S/C11H24N4O2S/c1-3-14(9-7-11(12)13)18(16,17)15-8-5-4-6-10(15)2/h10H,3-9H2,1-2H3,(H3,12,13). The van der Waals surface area contributed by atoms with Gasteiger partial charge in [0.2, 0.25) is 0 Å². The summed E-state index contributed by atoms with van der Waals surface area (Å²) in [5.74, 6) is 0.0235. The van der Waals surface area contributed by atoms with Gasteiger partial charge in [-0.1, -0.05) is 13.3 Å². The lowest BCUT2D eigenvalue weighted by Gasteiger charge is -2.36. The summed E-state index contributed by atoms with van der Waals surface area (Å²) in [6.45, 7) is 5.07. The Morgan fingerprint density at radius 3 is 2.67 bits per heavy atom. The molecule has 6 nitrogen and oxygen atoms in total. The third-order valence-corrected chi connectivity index (χ3v) is 5.58. The Labute approximate surface area is 110 Å². The third kappa shape index (κ3) is 3.66. The second-order valence-corrected chi connectivity index (χ2v) is 6.61. The summed E-state index contributed by atoms with van der Waals surface area (Å²) >= 11 is 0. The second-order valence-electron chi connectivity index (χ2n) is 4.73. The quantitative estimate of drug-likeness (QED) is 0.554. The van der Waals surface area contributed by atoms with Crippen molar-refractivity contribution in [3.63, 3.8) is 0 Å². The molecule has 0 bridgehead atoms. The highest BCUT2D eigenvalue weighted by Gasteiger charge is 2.33. The highest BCUT2D eigenvalue weighted by atomic mass is 32.2. The molecule has 106 valence electrons. The van der Waals surface area contributed by atoms with Crippen LogP contribution in [0.25, 0.3) is 0 Å². The molecule has 1 aliphatic heterocycles. The highest BCUT2D eigenvalue weighted by molar-refractivity contribution is 7.86. The molecular weight excluding hydrogens is 252 g/mol. The molecular formula is C11H24N4O2S. The maximum absolute atomic E-state index is 12.5. The second kappa shape index (κ2) is 6.49. The Morgan fingerprint density at radius 2 is 2.17 bits per heavy atom. The van der Waals surface area contributed by atoms with Gasteiger partial charge in [-0.2, -0.15) is 17.0 Å². The summed E-state index contributed by atoms with van der Waals surface area (Å²) in [6.07, 6.45) is 3.22. The number of hydrogen-bond donors (Lipinski definition) is 2. The van der Waals surface area contributed by atoms with E-state index in [4.69, 9.17) is 11.1 Å². The van der Waals surface area contributed by atoms with Gasteiger partial charge in [0.05, 0.1) is 5.84 Å². The maximum Gasteiger partial charge on any atom is 0.282 e. The summed E-state index contributed by atoms with van der Waals surface area (Å²) in [6, 6.07) is 0.0649. The zero-order valence-corrected chi connectivity index (χ0v) is 12.0. The van der Waals surface area contributed by atoms with Crippen molar-refractivity contribution in [2.24, 2.45) is 5.73 Å². The van der Waals surface area contributed by atoms with Crippen LogP contribution in [0.15, 0.2) is 0 Å². The number of hydrogen-bond acceptors (Lipinski definition) is 3. The molecule has 1 atom stereocenters. The molecule has 1 fully saturated rings. The topological polar surface area (TPSA) is 90.5 Å². The molecule has 1 unspecified atom stereocenters. The van der Waals surface area contributed by atoms with Crippen LogP contribution in [-0.2, 0) is 10.2 Å². The van der Waals surface area contributed by atoms with Crippen molar-refractivity contribution < 1.29 is 8.42 Å². The Balaban J connectivity index is 2.77. The van der Waals surface area contributed by atoms with E-state index in [1.165, 1.54) is 4.31 Å². The summed E-state index contributed by atoms with van der Waals surface area (Å²) in [5, 5.41) is 7.19. The van der Waals surface area contributed by atoms with Gasteiger partial charge in [0.15, 0.2) is 0 Å². The van der Waals surface area contributed by atoms with E-state index in [0.29, 0.717) is 13.1 Å². The van der Waals surface area contributed by atoms with E-state index in [1.54, 1.807) is 4.31 Å². The predicted octanol–water partition coefficient (Wildman–Crippen LogP) is 0.754. The van der Waals surface area contributed by atoms with Crippen LogP contribution in [-0.4, -0.2) is 48.5 Å². The first-order valence-electron chi connectivity index (χ1n) is 6.49. The van der Waals surface area contributed by atoms with Crippen molar-refractivity contribution in [3.05, 3.63) is 0 Å². The Morgan fingerprint density at radius 1 is 1.50 bits per heavy atom. The van der Waals surface area contributed by atoms with Gasteiger partial charge in [-0.25, -0.2) is 0 Å². The maximum atomic E-state index is 12.5. The monoisotopic (exact) mass is 276 g/mol. The van der Waals surface area contributed by atoms with Crippen LogP contribution >= 0.6 is 0 Å². The smallest absolute Gasteiger partial charge is 0.282 e. The number of rotatable bonds is 6. The average molecular weight is 276 g/mol. The zero-order chi connectivity index (χ0) is 13.8. The van der Waals surface area contributed by atoms with Gasteiger partial charge >= 0.3 is 0 Å². The van der Waals surface area contributed by atoms with Gasteiger partial charge in [-0.3, -0.25) is 5.41 Å². The minimum Gasteiger partial charge on any atom is -0.388 e. The summed E-state index contributed by atoms with van der Waals surface area (Å²) in [4.78, 5) is 0. The van der Waals surface area contributed by atoms with Gasteiger partial charge in [0, 0.05) is 32.1 Å². The van der Waals surface area contributed by atoms with E-state index < -0.39 is 10.2 Å². The van der Waals surface area contributed by atoms with Gasteiger partial charge < -0.3 is 5.73 Å². The molecule has 1 heterocycles. The summed E-state index contributed by atoms with van der Waals surface area (Å²) in [7, 11) is -3.40. The van der Waals surface area contributed by atoms with Gasteiger partial charge in [-0.15, -0.1) is 0 Å². The Kier molecular flexibility index (Phi) is 5.55. The van der Waals surface area contributed by atoms with E-state index in [0.717, 1.165) is 19.3 Å². The average Bonchev–Trinajstić information content (AvgIpc) is 2.29. The molecule has 0 aromatic rings. The fourth-order valence-corrected chi connectivity index (χ4v) is 4.11. The first-order valence-corrected chi connectivity index (χ1v) is 7.89. The Bertz CT molecular complexity index is 383. The van der Waals surface area contributed by atoms with Crippen molar-refractivity contribution in [2.45, 2.75) is 45.6 Å². The number of nitrogens with one attached hydrogen (secondary N) is 1. The molecule has 0 aromatic heterocycles. The van der Waals surface area contributed by atoms with Crippen LogP contribution in [0, 0.1) is 5.41 Å². The lowest BCUT2D eigenvalue weighted by Crippen LogP contribution is -2.50. The largest absolute Gasteiger partial charge is 0.388 e. The predicted molar refractivity (Wildman–Crippen MR) is 72.7 cm³/mol. The fraction of sp³-hybridized carbons (Fsp3) is 0.909. The molecule has 7 heteroatoms. The van der Waals surface area contributed by atoms with E-state index in [2.05, 4.69) is 0 Å². The fourth-order valence-electron chi connectivity index (χ4n) is 2.24. The lowest BCUT2D eigenvalue weighted by molar-refractivity contribution is 0.246. The van der Waals surface area contributed by atoms with E-state index >= 15 is 0 Å². The molecule has 1 saturated heterocycles. The molecule has 3 N–H and O–H groups in total. The molecule has 0 spiro atoms.